The minimum atomic E-state index is 0.619. The topological polar surface area (TPSA) is 62.8 Å². The molecule has 0 aliphatic heterocycles. The molecular formula is C14H14N4OS. The zero-order chi connectivity index (χ0) is 13.8. The van der Waals surface area contributed by atoms with Gasteiger partial charge in [0.1, 0.15) is 0 Å². The number of rotatable bonds is 5. The maximum Gasteiger partial charge on any atom is 0.213 e. The predicted molar refractivity (Wildman–Crippen MR) is 80.0 cm³/mol. The molecule has 102 valence electrons. The monoisotopic (exact) mass is 286 g/mol. The Hall–Kier alpha value is -2.34. The van der Waals surface area contributed by atoms with E-state index in [2.05, 4.69) is 31.0 Å². The summed E-state index contributed by atoms with van der Waals surface area (Å²) in [6.07, 6.45) is 3.48. The second kappa shape index (κ2) is 5.75. The number of H-pyrrole nitrogens is 1. The number of aromatic amines is 1. The summed E-state index contributed by atoms with van der Waals surface area (Å²) in [7, 11) is 1.62. The van der Waals surface area contributed by atoms with Crippen molar-refractivity contribution in [3.8, 4) is 17.1 Å². The SMILES string of the molecule is COc1cccc(-c2cscc2NCc2cnc[nH]2)n1. The maximum atomic E-state index is 5.17. The molecule has 0 aliphatic rings. The van der Waals surface area contributed by atoms with Gasteiger partial charge in [0.2, 0.25) is 5.88 Å². The highest BCUT2D eigenvalue weighted by molar-refractivity contribution is 7.08. The van der Waals surface area contributed by atoms with Crippen molar-refractivity contribution in [2.45, 2.75) is 6.54 Å². The molecule has 3 aromatic heterocycles. The fraction of sp³-hybridized carbons (Fsp3) is 0.143. The van der Waals surface area contributed by atoms with Gasteiger partial charge in [-0.3, -0.25) is 0 Å². The molecule has 0 saturated heterocycles. The Labute approximate surface area is 120 Å². The van der Waals surface area contributed by atoms with E-state index in [-0.39, 0.29) is 0 Å². The third-order valence-corrected chi connectivity index (χ3v) is 3.64. The molecule has 0 aliphatic carbocycles. The Kier molecular flexibility index (Phi) is 3.64. The van der Waals surface area contributed by atoms with Crippen LogP contribution in [0.15, 0.2) is 41.5 Å². The van der Waals surface area contributed by atoms with Gasteiger partial charge in [-0.05, 0) is 6.07 Å². The molecule has 3 heterocycles. The molecule has 3 aromatic rings. The van der Waals surface area contributed by atoms with Crippen molar-refractivity contribution in [3.63, 3.8) is 0 Å². The quantitative estimate of drug-likeness (QED) is 0.756. The summed E-state index contributed by atoms with van der Waals surface area (Å²) in [6.45, 7) is 0.702. The number of pyridine rings is 1. The summed E-state index contributed by atoms with van der Waals surface area (Å²) in [6, 6.07) is 5.76. The molecule has 0 spiro atoms. The average Bonchev–Trinajstić information content (AvgIpc) is 3.16. The van der Waals surface area contributed by atoms with Crippen LogP contribution in [0.2, 0.25) is 0 Å². The van der Waals surface area contributed by atoms with Crippen LogP contribution in [0, 0.1) is 0 Å². The van der Waals surface area contributed by atoms with Crippen LogP contribution in [0.4, 0.5) is 5.69 Å². The van der Waals surface area contributed by atoms with Gasteiger partial charge in [-0.25, -0.2) is 9.97 Å². The van der Waals surface area contributed by atoms with E-state index in [0.717, 1.165) is 22.6 Å². The van der Waals surface area contributed by atoms with E-state index in [1.54, 1.807) is 24.8 Å². The molecule has 0 saturated carbocycles. The minimum absolute atomic E-state index is 0.619. The number of nitrogens with one attached hydrogen (secondary N) is 2. The van der Waals surface area contributed by atoms with Gasteiger partial charge in [0.25, 0.3) is 0 Å². The molecule has 0 fully saturated rings. The summed E-state index contributed by atoms with van der Waals surface area (Å²) in [5.41, 5.74) is 4.08. The molecule has 0 bridgehead atoms. The zero-order valence-electron chi connectivity index (χ0n) is 11.0. The largest absolute Gasteiger partial charge is 0.481 e. The first-order chi connectivity index (χ1) is 9.86. The molecule has 5 nitrogen and oxygen atoms in total. The van der Waals surface area contributed by atoms with Crippen LogP contribution in [-0.2, 0) is 6.54 Å². The fourth-order valence-corrected chi connectivity index (χ4v) is 2.68. The van der Waals surface area contributed by atoms with Crippen molar-refractivity contribution in [2.24, 2.45) is 0 Å². The van der Waals surface area contributed by atoms with E-state index in [4.69, 9.17) is 4.74 Å². The predicted octanol–water partition coefficient (Wildman–Crippen LogP) is 3.15. The van der Waals surface area contributed by atoms with Gasteiger partial charge in [-0.1, -0.05) is 6.07 Å². The van der Waals surface area contributed by atoms with E-state index < -0.39 is 0 Å². The molecule has 0 radical (unpaired) electrons. The van der Waals surface area contributed by atoms with Crippen LogP contribution in [-0.4, -0.2) is 22.1 Å². The number of hydrogen-bond donors (Lipinski definition) is 2. The third kappa shape index (κ3) is 2.65. The highest BCUT2D eigenvalue weighted by Gasteiger charge is 2.08. The lowest BCUT2D eigenvalue weighted by Gasteiger charge is -2.07. The van der Waals surface area contributed by atoms with E-state index >= 15 is 0 Å². The van der Waals surface area contributed by atoms with Crippen LogP contribution >= 0.6 is 11.3 Å². The van der Waals surface area contributed by atoms with Gasteiger partial charge in [0.15, 0.2) is 0 Å². The number of hydrogen-bond acceptors (Lipinski definition) is 5. The normalized spacial score (nSPS) is 10.4. The molecule has 0 atom stereocenters. The summed E-state index contributed by atoms with van der Waals surface area (Å²) in [5.74, 6) is 0.619. The van der Waals surface area contributed by atoms with Gasteiger partial charge in [-0.15, -0.1) is 11.3 Å². The van der Waals surface area contributed by atoms with Crippen molar-refractivity contribution in [2.75, 3.05) is 12.4 Å². The standard InChI is InChI=1S/C14H14N4OS/c1-19-14-4-2-3-12(18-14)11-7-20-8-13(11)16-6-10-5-15-9-17-10/h2-5,7-9,16H,6H2,1H3,(H,15,17). The van der Waals surface area contributed by atoms with Crippen LogP contribution in [0.1, 0.15) is 5.69 Å². The molecule has 20 heavy (non-hydrogen) atoms. The summed E-state index contributed by atoms with van der Waals surface area (Å²) < 4.78 is 5.17. The lowest BCUT2D eigenvalue weighted by Crippen LogP contribution is -2.00. The number of imidazole rings is 1. The smallest absolute Gasteiger partial charge is 0.213 e. The van der Waals surface area contributed by atoms with Crippen molar-refractivity contribution in [3.05, 3.63) is 47.2 Å². The number of aromatic nitrogens is 3. The van der Waals surface area contributed by atoms with Gasteiger partial charge in [0.05, 0.1) is 37.1 Å². The van der Waals surface area contributed by atoms with Crippen LogP contribution in [0.5, 0.6) is 5.88 Å². The Bertz CT molecular complexity index is 678. The second-order valence-corrected chi connectivity index (χ2v) is 4.94. The summed E-state index contributed by atoms with van der Waals surface area (Å²) in [5, 5.41) is 7.55. The molecular weight excluding hydrogens is 272 g/mol. The molecule has 3 rings (SSSR count). The summed E-state index contributed by atoms with van der Waals surface area (Å²) in [4.78, 5) is 11.5. The van der Waals surface area contributed by atoms with E-state index in [1.807, 2.05) is 24.4 Å². The summed E-state index contributed by atoms with van der Waals surface area (Å²) >= 11 is 1.64. The Morgan fingerprint density at radius 3 is 3.10 bits per heavy atom. The Morgan fingerprint density at radius 1 is 1.35 bits per heavy atom. The third-order valence-electron chi connectivity index (χ3n) is 2.89. The first kappa shape index (κ1) is 12.7. The second-order valence-electron chi connectivity index (χ2n) is 4.19. The first-order valence-corrected chi connectivity index (χ1v) is 7.10. The minimum Gasteiger partial charge on any atom is -0.481 e. The highest BCUT2D eigenvalue weighted by atomic mass is 32.1. The van der Waals surface area contributed by atoms with E-state index in [1.165, 1.54) is 0 Å². The Morgan fingerprint density at radius 2 is 2.30 bits per heavy atom. The van der Waals surface area contributed by atoms with Gasteiger partial charge < -0.3 is 15.0 Å². The van der Waals surface area contributed by atoms with Gasteiger partial charge >= 0.3 is 0 Å². The first-order valence-electron chi connectivity index (χ1n) is 6.15. The van der Waals surface area contributed by atoms with E-state index in [9.17, 15) is 0 Å². The fourth-order valence-electron chi connectivity index (χ4n) is 1.88. The maximum absolute atomic E-state index is 5.17. The highest BCUT2D eigenvalue weighted by Crippen LogP contribution is 2.31. The molecule has 6 heteroatoms. The van der Waals surface area contributed by atoms with Crippen molar-refractivity contribution in [1.82, 2.24) is 15.0 Å². The molecule has 0 aromatic carbocycles. The number of anilines is 1. The van der Waals surface area contributed by atoms with Gasteiger partial charge in [0, 0.05) is 28.6 Å². The lowest BCUT2D eigenvalue weighted by atomic mass is 10.2. The van der Waals surface area contributed by atoms with Crippen LogP contribution in [0.3, 0.4) is 0 Å². The number of nitrogens with zero attached hydrogens (tertiary/aromatic N) is 2. The van der Waals surface area contributed by atoms with Crippen molar-refractivity contribution >= 4 is 17.0 Å². The molecule has 0 unspecified atom stereocenters. The van der Waals surface area contributed by atoms with Crippen LogP contribution < -0.4 is 10.1 Å². The lowest BCUT2D eigenvalue weighted by molar-refractivity contribution is 0.398. The number of thiophene rings is 1. The molecule has 2 N–H and O–H groups in total. The Balaban J connectivity index is 1.82. The molecule has 0 amide bonds. The number of methoxy groups -OCH3 is 1. The average molecular weight is 286 g/mol. The number of ether oxygens (including phenoxy) is 1. The zero-order valence-corrected chi connectivity index (χ0v) is 11.8. The van der Waals surface area contributed by atoms with Crippen molar-refractivity contribution in [1.29, 1.82) is 0 Å². The van der Waals surface area contributed by atoms with Gasteiger partial charge in [-0.2, -0.15) is 0 Å². The van der Waals surface area contributed by atoms with Crippen molar-refractivity contribution < 1.29 is 4.74 Å². The van der Waals surface area contributed by atoms with Crippen LogP contribution in [0.25, 0.3) is 11.3 Å². The van der Waals surface area contributed by atoms with E-state index in [0.29, 0.717) is 12.4 Å².